The van der Waals surface area contributed by atoms with Gasteiger partial charge in [-0.1, -0.05) is 30.3 Å². The number of aromatic nitrogens is 1. The van der Waals surface area contributed by atoms with Crippen molar-refractivity contribution in [2.24, 2.45) is 0 Å². The summed E-state index contributed by atoms with van der Waals surface area (Å²) in [5.74, 6) is -0.673. The molecule has 1 fully saturated rings. The summed E-state index contributed by atoms with van der Waals surface area (Å²) in [4.78, 5) is 28.4. The fourth-order valence-electron chi connectivity index (χ4n) is 3.23. The Labute approximate surface area is 163 Å². The lowest BCUT2D eigenvalue weighted by Gasteiger charge is -2.34. The van der Waals surface area contributed by atoms with Crippen molar-refractivity contribution in [3.8, 4) is 0 Å². The second kappa shape index (κ2) is 8.97. The minimum Gasteiger partial charge on any atom is -0.452 e. The standard InChI is InChI=1S/C20H24FN3O4/c1-3-17-19(14(2)28-22-17)20(26)27-13-18(25)24-10-8-23(9-11-24)12-15-6-4-5-7-16(15)21/h4-7H,3,8-13H2,1-2H3. The molecular weight excluding hydrogens is 365 g/mol. The molecule has 7 nitrogen and oxygen atoms in total. The van der Waals surface area contributed by atoms with Crippen LogP contribution in [0.2, 0.25) is 0 Å². The van der Waals surface area contributed by atoms with Crippen LogP contribution in [0.4, 0.5) is 4.39 Å². The summed E-state index contributed by atoms with van der Waals surface area (Å²) in [6.45, 7) is 5.99. The number of hydrogen-bond acceptors (Lipinski definition) is 6. The number of piperazine rings is 1. The van der Waals surface area contributed by atoms with E-state index in [1.54, 1.807) is 24.0 Å². The predicted octanol–water partition coefficient (Wildman–Crippen LogP) is 2.19. The van der Waals surface area contributed by atoms with Gasteiger partial charge in [0.25, 0.3) is 5.91 Å². The number of hydrogen-bond donors (Lipinski definition) is 0. The number of rotatable bonds is 6. The largest absolute Gasteiger partial charge is 0.452 e. The van der Waals surface area contributed by atoms with E-state index in [2.05, 4.69) is 10.1 Å². The van der Waals surface area contributed by atoms with Crippen molar-refractivity contribution in [3.05, 3.63) is 52.7 Å². The fourth-order valence-corrected chi connectivity index (χ4v) is 3.23. The molecule has 1 saturated heterocycles. The molecular formula is C20H24FN3O4. The zero-order valence-corrected chi connectivity index (χ0v) is 16.1. The summed E-state index contributed by atoms with van der Waals surface area (Å²) < 4.78 is 24.0. The van der Waals surface area contributed by atoms with Gasteiger partial charge in [0, 0.05) is 38.3 Å². The quantitative estimate of drug-likeness (QED) is 0.705. The lowest BCUT2D eigenvalue weighted by molar-refractivity contribution is -0.136. The molecule has 28 heavy (non-hydrogen) atoms. The summed E-state index contributed by atoms with van der Waals surface area (Å²) >= 11 is 0. The van der Waals surface area contributed by atoms with Crippen molar-refractivity contribution in [3.63, 3.8) is 0 Å². The number of carbonyl (C=O) groups excluding carboxylic acids is 2. The van der Waals surface area contributed by atoms with Crippen LogP contribution in [0.25, 0.3) is 0 Å². The average molecular weight is 389 g/mol. The Hall–Kier alpha value is -2.74. The Balaban J connectivity index is 1.47. The maximum atomic E-state index is 13.8. The number of aryl methyl sites for hydroxylation is 2. The molecule has 0 unspecified atom stereocenters. The minimum atomic E-state index is -0.595. The van der Waals surface area contributed by atoms with Crippen LogP contribution < -0.4 is 0 Å². The van der Waals surface area contributed by atoms with Gasteiger partial charge in [-0.25, -0.2) is 9.18 Å². The minimum absolute atomic E-state index is 0.219. The van der Waals surface area contributed by atoms with E-state index in [-0.39, 0.29) is 18.3 Å². The Kier molecular flexibility index (Phi) is 6.41. The number of halogens is 1. The third-order valence-corrected chi connectivity index (χ3v) is 4.88. The van der Waals surface area contributed by atoms with Gasteiger partial charge < -0.3 is 14.2 Å². The number of esters is 1. The van der Waals surface area contributed by atoms with E-state index in [9.17, 15) is 14.0 Å². The highest BCUT2D eigenvalue weighted by Crippen LogP contribution is 2.16. The molecule has 2 aromatic rings. The summed E-state index contributed by atoms with van der Waals surface area (Å²) in [6, 6.07) is 6.70. The van der Waals surface area contributed by atoms with Crippen molar-refractivity contribution in [1.82, 2.24) is 15.0 Å². The second-order valence-corrected chi connectivity index (χ2v) is 6.74. The Morgan fingerprint density at radius 3 is 2.61 bits per heavy atom. The first-order valence-corrected chi connectivity index (χ1v) is 9.35. The van der Waals surface area contributed by atoms with Gasteiger partial charge in [-0.15, -0.1) is 0 Å². The number of benzene rings is 1. The van der Waals surface area contributed by atoms with Gasteiger partial charge in [0.05, 0.1) is 5.69 Å². The van der Waals surface area contributed by atoms with Crippen LogP contribution in [0.3, 0.4) is 0 Å². The molecule has 0 saturated carbocycles. The molecule has 0 aliphatic carbocycles. The van der Waals surface area contributed by atoms with Crippen LogP contribution in [0.15, 0.2) is 28.8 Å². The van der Waals surface area contributed by atoms with Crippen molar-refractivity contribution < 1.29 is 23.2 Å². The second-order valence-electron chi connectivity index (χ2n) is 6.74. The monoisotopic (exact) mass is 389 g/mol. The Morgan fingerprint density at radius 2 is 1.93 bits per heavy atom. The molecule has 0 N–H and O–H groups in total. The van der Waals surface area contributed by atoms with Crippen LogP contribution in [0, 0.1) is 12.7 Å². The average Bonchev–Trinajstić information content (AvgIpc) is 3.09. The third kappa shape index (κ3) is 4.56. The van der Waals surface area contributed by atoms with Gasteiger partial charge in [-0.05, 0) is 19.4 Å². The van der Waals surface area contributed by atoms with Crippen LogP contribution in [0.1, 0.15) is 34.3 Å². The van der Waals surface area contributed by atoms with E-state index < -0.39 is 5.97 Å². The summed E-state index contributed by atoms with van der Waals surface area (Å²) in [7, 11) is 0. The van der Waals surface area contributed by atoms with Gasteiger partial charge in [0.2, 0.25) is 0 Å². The maximum absolute atomic E-state index is 13.8. The summed E-state index contributed by atoms with van der Waals surface area (Å²) in [5.41, 5.74) is 1.47. The lowest BCUT2D eigenvalue weighted by Crippen LogP contribution is -2.49. The van der Waals surface area contributed by atoms with Gasteiger partial charge >= 0.3 is 5.97 Å². The van der Waals surface area contributed by atoms with Gasteiger partial charge in [0.1, 0.15) is 17.1 Å². The number of nitrogens with zero attached hydrogens (tertiary/aromatic N) is 3. The molecule has 0 radical (unpaired) electrons. The predicted molar refractivity (Wildman–Crippen MR) is 99.2 cm³/mol. The first-order chi connectivity index (χ1) is 13.5. The van der Waals surface area contributed by atoms with Crippen LogP contribution >= 0.6 is 0 Å². The van der Waals surface area contributed by atoms with Gasteiger partial charge in [0.15, 0.2) is 6.61 Å². The van der Waals surface area contributed by atoms with E-state index >= 15 is 0 Å². The van der Waals surface area contributed by atoms with Gasteiger partial charge in [-0.2, -0.15) is 0 Å². The maximum Gasteiger partial charge on any atom is 0.344 e. The normalized spacial score (nSPS) is 14.9. The van der Waals surface area contributed by atoms with Gasteiger partial charge in [-0.3, -0.25) is 9.69 Å². The summed E-state index contributed by atoms with van der Waals surface area (Å²) in [5, 5.41) is 3.82. The smallest absolute Gasteiger partial charge is 0.344 e. The fraction of sp³-hybridized carbons (Fsp3) is 0.450. The third-order valence-electron chi connectivity index (χ3n) is 4.88. The first kappa shape index (κ1) is 20.0. The van der Waals surface area contributed by atoms with Crippen LogP contribution in [0.5, 0.6) is 0 Å². The van der Waals surface area contributed by atoms with Crippen LogP contribution in [-0.2, 0) is 22.5 Å². The first-order valence-electron chi connectivity index (χ1n) is 9.35. The number of ether oxygens (including phenoxy) is 1. The van der Waals surface area contributed by atoms with E-state index in [1.165, 1.54) is 6.07 Å². The highest BCUT2D eigenvalue weighted by Gasteiger charge is 2.25. The molecule has 3 rings (SSSR count). The molecule has 0 atom stereocenters. The highest BCUT2D eigenvalue weighted by atomic mass is 19.1. The van der Waals surface area contributed by atoms with E-state index in [4.69, 9.17) is 9.26 Å². The molecule has 2 heterocycles. The molecule has 1 amide bonds. The zero-order valence-electron chi connectivity index (χ0n) is 16.1. The van der Waals surface area contributed by atoms with Crippen molar-refractivity contribution >= 4 is 11.9 Å². The molecule has 1 aliphatic heterocycles. The van der Waals surface area contributed by atoms with E-state index in [0.29, 0.717) is 61.7 Å². The molecule has 1 aromatic carbocycles. The number of carbonyl (C=O) groups is 2. The Bertz CT molecular complexity index is 844. The summed E-state index contributed by atoms with van der Waals surface area (Å²) in [6.07, 6.45) is 0.541. The van der Waals surface area contributed by atoms with Crippen LogP contribution in [-0.4, -0.2) is 59.6 Å². The zero-order chi connectivity index (χ0) is 20.1. The van der Waals surface area contributed by atoms with E-state index in [0.717, 1.165) is 0 Å². The van der Waals surface area contributed by atoms with Crippen molar-refractivity contribution in [2.75, 3.05) is 32.8 Å². The molecule has 0 bridgehead atoms. The molecule has 0 spiro atoms. The molecule has 150 valence electrons. The van der Waals surface area contributed by atoms with Crippen molar-refractivity contribution in [2.45, 2.75) is 26.8 Å². The number of amides is 1. The molecule has 8 heteroatoms. The highest BCUT2D eigenvalue weighted by molar-refractivity contribution is 5.93. The SMILES string of the molecule is CCc1noc(C)c1C(=O)OCC(=O)N1CCN(Cc2ccccc2F)CC1. The van der Waals surface area contributed by atoms with Crippen molar-refractivity contribution in [1.29, 1.82) is 0 Å². The van der Waals surface area contributed by atoms with E-state index in [1.807, 2.05) is 13.0 Å². The topological polar surface area (TPSA) is 75.9 Å². The Morgan fingerprint density at radius 1 is 1.21 bits per heavy atom. The molecule has 1 aromatic heterocycles. The molecule has 1 aliphatic rings. The lowest BCUT2D eigenvalue weighted by atomic mass is 10.1.